The van der Waals surface area contributed by atoms with E-state index < -0.39 is 5.60 Å². The number of hydrogen-bond donors (Lipinski definition) is 1. The summed E-state index contributed by atoms with van der Waals surface area (Å²) in [7, 11) is 0. The minimum atomic E-state index is -0.430. The molecule has 1 rings (SSSR count). The number of hydrogen-bond acceptors (Lipinski definition) is 2. The molecule has 1 saturated carbocycles. The zero-order chi connectivity index (χ0) is 12.2. The maximum atomic E-state index is 11.5. The second-order valence-electron chi connectivity index (χ2n) is 5.36. The molecule has 0 atom stereocenters. The molecule has 1 aliphatic carbocycles. The molecule has 0 heterocycles. The van der Waals surface area contributed by atoms with Crippen LogP contribution in [0, 0.1) is 18.3 Å². The molecule has 1 fully saturated rings. The third kappa shape index (κ3) is 4.57. The third-order valence-electron chi connectivity index (χ3n) is 2.68. The smallest absolute Gasteiger partial charge is 0.407 e. The first-order valence-electron chi connectivity index (χ1n) is 5.86. The lowest BCUT2D eigenvalue weighted by Gasteiger charge is -2.28. The number of ether oxygens (including phenoxy) is 1. The van der Waals surface area contributed by atoms with Gasteiger partial charge < -0.3 is 10.1 Å². The van der Waals surface area contributed by atoms with Gasteiger partial charge in [-0.25, -0.2) is 4.79 Å². The highest BCUT2D eigenvalue weighted by atomic mass is 16.6. The Morgan fingerprint density at radius 1 is 1.31 bits per heavy atom. The quantitative estimate of drug-likeness (QED) is 0.694. The molecule has 3 heteroatoms. The summed E-state index contributed by atoms with van der Waals surface area (Å²) < 4.78 is 5.20. The Hall–Kier alpha value is -1.17. The minimum Gasteiger partial charge on any atom is -0.444 e. The normalized spacial score (nSPS) is 25.6. The first-order valence-corrected chi connectivity index (χ1v) is 5.86. The predicted molar refractivity (Wildman–Crippen MR) is 63.9 cm³/mol. The highest BCUT2D eigenvalue weighted by molar-refractivity contribution is 5.68. The molecule has 0 aromatic carbocycles. The lowest BCUT2D eigenvalue weighted by molar-refractivity contribution is 0.0490. The van der Waals surface area contributed by atoms with Crippen LogP contribution in [-0.4, -0.2) is 17.7 Å². The Labute approximate surface area is 97.9 Å². The fourth-order valence-corrected chi connectivity index (χ4v) is 1.88. The van der Waals surface area contributed by atoms with E-state index in [1.807, 2.05) is 20.8 Å². The molecule has 0 unspecified atom stereocenters. The molecule has 0 radical (unpaired) electrons. The fraction of sp³-hybridized carbons (Fsp3) is 0.769. The van der Waals surface area contributed by atoms with Crippen molar-refractivity contribution in [2.75, 3.05) is 0 Å². The van der Waals surface area contributed by atoms with Crippen LogP contribution in [0.2, 0.25) is 0 Å². The number of alkyl carbamates (subject to hydrolysis) is 1. The number of rotatable bonds is 1. The van der Waals surface area contributed by atoms with Gasteiger partial charge in [0.2, 0.25) is 0 Å². The summed E-state index contributed by atoms with van der Waals surface area (Å²) in [6, 6.07) is 0.222. The van der Waals surface area contributed by atoms with Crippen LogP contribution in [0.1, 0.15) is 46.5 Å². The number of carbonyl (C=O) groups is 1. The summed E-state index contributed by atoms with van der Waals surface area (Å²) in [4.78, 5) is 11.5. The van der Waals surface area contributed by atoms with Crippen LogP contribution in [0.3, 0.4) is 0 Å². The average molecular weight is 223 g/mol. The molecule has 1 aliphatic rings. The number of nitrogens with one attached hydrogen (secondary N) is 1. The van der Waals surface area contributed by atoms with Crippen LogP contribution in [0.25, 0.3) is 0 Å². The predicted octanol–water partition coefficient (Wildman–Crippen LogP) is 2.70. The Morgan fingerprint density at radius 2 is 1.88 bits per heavy atom. The zero-order valence-corrected chi connectivity index (χ0v) is 10.4. The van der Waals surface area contributed by atoms with Crippen molar-refractivity contribution in [1.29, 1.82) is 0 Å². The molecule has 0 bridgehead atoms. The van der Waals surface area contributed by atoms with E-state index in [9.17, 15) is 4.79 Å². The fourth-order valence-electron chi connectivity index (χ4n) is 1.88. The largest absolute Gasteiger partial charge is 0.444 e. The van der Waals surface area contributed by atoms with Crippen molar-refractivity contribution in [3.05, 3.63) is 0 Å². The maximum Gasteiger partial charge on any atom is 0.407 e. The molecule has 1 amide bonds. The Morgan fingerprint density at radius 3 is 2.31 bits per heavy atom. The Balaban J connectivity index is 2.29. The van der Waals surface area contributed by atoms with Crippen LogP contribution in [-0.2, 0) is 4.74 Å². The van der Waals surface area contributed by atoms with E-state index in [1.165, 1.54) is 0 Å². The monoisotopic (exact) mass is 223 g/mol. The first kappa shape index (κ1) is 12.9. The number of terminal acetylenes is 1. The van der Waals surface area contributed by atoms with Gasteiger partial charge in [0.1, 0.15) is 5.60 Å². The third-order valence-corrected chi connectivity index (χ3v) is 2.68. The Kier molecular flexibility index (Phi) is 4.23. The van der Waals surface area contributed by atoms with Crippen LogP contribution in [0.15, 0.2) is 0 Å². The van der Waals surface area contributed by atoms with Gasteiger partial charge in [-0.05, 0) is 46.5 Å². The van der Waals surface area contributed by atoms with Gasteiger partial charge >= 0.3 is 6.09 Å². The molecule has 0 spiro atoms. The summed E-state index contributed by atoms with van der Waals surface area (Å²) in [6.45, 7) is 5.59. The number of carbonyl (C=O) groups excluding carboxylic acids is 1. The zero-order valence-electron chi connectivity index (χ0n) is 10.4. The van der Waals surface area contributed by atoms with Gasteiger partial charge in [-0.15, -0.1) is 12.3 Å². The van der Waals surface area contributed by atoms with Gasteiger partial charge in [0, 0.05) is 12.0 Å². The van der Waals surface area contributed by atoms with Gasteiger partial charge in [-0.1, -0.05) is 0 Å². The van der Waals surface area contributed by atoms with Gasteiger partial charge in [0.15, 0.2) is 0 Å². The molecule has 0 aromatic heterocycles. The molecule has 90 valence electrons. The van der Waals surface area contributed by atoms with Crippen LogP contribution in [0.4, 0.5) is 4.79 Å². The lowest BCUT2D eigenvalue weighted by Crippen LogP contribution is -2.40. The van der Waals surface area contributed by atoms with E-state index in [-0.39, 0.29) is 12.1 Å². The van der Waals surface area contributed by atoms with E-state index in [0.29, 0.717) is 5.92 Å². The van der Waals surface area contributed by atoms with Crippen molar-refractivity contribution in [2.45, 2.75) is 58.1 Å². The Bertz CT molecular complexity index is 277. The molecular weight excluding hydrogens is 202 g/mol. The highest BCUT2D eigenvalue weighted by Gasteiger charge is 2.23. The van der Waals surface area contributed by atoms with E-state index in [0.717, 1.165) is 25.7 Å². The molecule has 16 heavy (non-hydrogen) atoms. The minimum absolute atomic E-state index is 0.222. The molecule has 3 nitrogen and oxygen atoms in total. The average Bonchev–Trinajstić information content (AvgIpc) is 2.16. The van der Waals surface area contributed by atoms with E-state index in [1.54, 1.807) is 0 Å². The highest BCUT2D eigenvalue weighted by Crippen LogP contribution is 2.23. The van der Waals surface area contributed by atoms with Crippen molar-refractivity contribution in [3.63, 3.8) is 0 Å². The lowest BCUT2D eigenvalue weighted by atomic mass is 9.87. The van der Waals surface area contributed by atoms with Crippen molar-refractivity contribution < 1.29 is 9.53 Å². The van der Waals surface area contributed by atoms with Gasteiger partial charge in [-0.3, -0.25) is 0 Å². The summed E-state index contributed by atoms with van der Waals surface area (Å²) in [6.07, 6.45) is 8.95. The molecule has 0 aliphatic heterocycles. The molecule has 0 aromatic rings. The summed E-state index contributed by atoms with van der Waals surface area (Å²) in [5, 5.41) is 2.89. The SMILES string of the molecule is C#C[C@H]1CC[C@@H](NC(=O)OC(C)(C)C)CC1. The van der Waals surface area contributed by atoms with Crippen molar-refractivity contribution >= 4 is 6.09 Å². The molecule has 1 N–H and O–H groups in total. The van der Waals surface area contributed by atoms with Gasteiger partial charge in [0.25, 0.3) is 0 Å². The topological polar surface area (TPSA) is 38.3 Å². The summed E-state index contributed by atoms with van der Waals surface area (Å²) in [5.41, 5.74) is -0.430. The molecule has 0 saturated heterocycles. The molecular formula is C13H21NO2. The van der Waals surface area contributed by atoms with Crippen molar-refractivity contribution in [3.8, 4) is 12.3 Å². The number of amides is 1. The van der Waals surface area contributed by atoms with Crippen LogP contribution >= 0.6 is 0 Å². The summed E-state index contributed by atoms with van der Waals surface area (Å²) in [5.74, 6) is 3.16. The van der Waals surface area contributed by atoms with Crippen LogP contribution in [0.5, 0.6) is 0 Å². The standard InChI is InChI=1S/C13H21NO2/c1-5-10-6-8-11(9-7-10)14-12(15)16-13(2,3)4/h1,10-11H,6-9H2,2-4H3,(H,14,15)/t10-,11+. The van der Waals surface area contributed by atoms with Gasteiger partial charge in [0.05, 0.1) is 0 Å². The van der Waals surface area contributed by atoms with Gasteiger partial charge in [-0.2, -0.15) is 0 Å². The van der Waals surface area contributed by atoms with E-state index >= 15 is 0 Å². The first-order chi connectivity index (χ1) is 7.40. The second kappa shape index (κ2) is 5.25. The van der Waals surface area contributed by atoms with Crippen molar-refractivity contribution in [2.24, 2.45) is 5.92 Å². The summed E-state index contributed by atoms with van der Waals surface area (Å²) >= 11 is 0. The van der Waals surface area contributed by atoms with Crippen LogP contribution < -0.4 is 5.32 Å². The van der Waals surface area contributed by atoms with E-state index in [2.05, 4.69) is 11.2 Å². The second-order valence-corrected chi connectivity index (χ2v) is 5.36. The van der Waals surface area contributed by atoms with E-state index in [4.69, 9.17) is 11.2 Å². The maximum absolute atomic E-state index is 11.5. The van der Waals surface area contributed by atoms with Crippen molar-refractivity contribution in [1.82, 2.24) is 5.32 Å².